The lowest BCUT2D eigenvalue weighted by Gasteiger charge is -2.27. The maximum absolute atomic E-state index is 11.8. The average molecular weight is 297 g/mol. The van der Waals surface area contributed by atoms with Gasteiger partial charge in [0.25, 0.3) is 0 Å². The van der Waals surface area contributed by atoms with Gasteiger partial charge in [-0.15, -0.1) is 0 Å². The Bertz CT molecular complexity index is 550. The monoisotopic (exact) mass is 297 g/mol. The standard InChI is InChI=1S/C14H23N3O2S/c1-16-20(18,19)14-8-7-12(11-13(14)15)17-9-5-3-2-4-6-10-17/h7-8,11,16H,2-6,9-10,15H2,1H3. The van der Waals surface area contributed by atoms with Gasteiger partial charge < -0.3 is 10.6 Å². The van der Waals surface area contributed by atoms with Crippen molar-refractivity contribution < 1.29 is 8.42 Å². The first-order valence-electron chi connectivity index (χ1n) is 7.12. The molecule has 1 aromatic rings. The molecule has 0 aromatic heterocycles. The second-order valence-electron chi connectivity index (χ2n) is 5.18. The zero-order valence-corrected chi connectivity index (χ0v) is 12.7. The smallest absolute Gasteiger partial charge is 0.242 e. The van der Waals surface area contributed by atoms with Crippen LogP contribution in [0, 0.1) is 0 Å². The quantitative estimate of drug-likeness (QED) is 0.836. The van der Waals surface area contributed by atoms with Crippen LogP contribution in [0.4, 0.5) is 11.4 Å². The number of anilines is 2. The van der Waals surface area contributed by atoms with Crippen molar-refractivity contribution in [2.75, 3.05) is 30.8 Å². The Morgan fingerprint density at radius 2 is 1.70 bits per heavy atom. The van der Waals surface area contributed by atoms with E-state index in [1.165, 1.54) is 39.2 Å². The van der Waals surface area contributed by atoms with E-state index in [1.807, 2.05) is 6.07 Å². The molecule has 0 amide bonds. The summed E-state index contributed by atoms with van der Waals surface area (Å²) in [6.45, 7) is 2.02. The Morgan fingerprint density at radius 3 is 2.25 bits per heavy atom. The minimum atomic E-state index is -3.48. The molecule has 1 aromatic carbocycles. The van der Waals surface area contributed by atoms with Crippen molar-refractivity contribution in [3.05, 3.63) is 18.2 Å². The topological polar surface area (TPSA) is 75.4 Å². The van der Waals surface area contributed by atoms with E-state index in [0.717, 1.165) is 18.8 Å². The van der Waals surface area contributed by atoms with E-state index in [2.05, 4.69) is 9.62 Å². The fraction of sp³-hybridized carbons (Fsp3) is 0.571. The number of sulfonamides is 1. The van der Waals surface area contributed by atoms with E-state index in [9.17, 15) is 8.42 Å². The molecule has 6 heteroatoms. The van der Waals surface area contributed by atoms with E-state index in [-0.39, 0.29) is 4.90 Å². The molecule has 0 unspecified atom stereocenters. The number of rotatable bonds is 3. The first kappa shape index (κ1) is 15.1. The van der Waals surface area contributed by atoms with Gasteiger partial charge in [0.2, 0.25) is 10.0 Å². The number of hydrogen-bond acceptors (Lipinski definition) is 4. The van der Waals surface area contributed by atoms with Crippen LogP contribution in [0.2, 0.25) is 0 Å². The minimum Gasteiger partial charge on any atom is -0.398 e. The molecule has 1 aliphatic rings. The summed E-state index contributed by atoms with van der Waals surface area (Å²) >= 11 is 0. The molecule has 112 valence electrons. The van der Waals surface area contributed by atoms with Crippen molar-refractivity contribution in [1.29, 1.82) is 0 Å². The molecule has 0 bridgehead atoms. The lowest BCUT2D eigenvalue weighted by molar-refractivity contribution is 0.556. The lowest BCUT2D eigenvalue weighted by atomic mass is 10.1. The van der Waals surface area contributed by atoms with E-state index in [1.54, 1.807) is 12.1 Å². The molecule has 5 nitrogen and oxygen atoms in total. The van der Waals surface area contributed by atoms with Crippen LogP contribution in [-0.2, 0) is 10.0 Å². The highest BCUT2D eigenvalue weighted by molar-refractivity contribution is 7.89. The summed E-state index contributed by atoms with van der Waals surface area (Å²) < 4.78 is 25.9. The van der Waals surface area contributed by atoms with Crippen LogP contribution in [0.5, 0.6) is 0 Å². The van der Waals surface area contributed by atoms with Crippen LogP contribution in [0.3, 0.4) is 0 Å². The average Bonchev–Trinajstić information content (AvgIpc) is 2.38. The van der Waals surface area contributed by atoms with Crippen molar-refractivity contribution in [3.8, 4) is 0 Å². The van der Waals surface area contributed by atoms with Gasteiger partial charge in [0.15, 0.2) is 0 Å². The predicted molar refractivity (Wildman–Crippen MR) is 82.4 cm³/mol. The van der Waals surface area contributed by atoms with Crippen molar-refractivity contribution in [1.82, 2.24) is 4.72 Å². The lowest BCUT2D eigenvalue weighted by Crippen LogP contribution is -2.27. The Morgan fingerprint density at radius 1 is 1.10 bits per heavy atom. The summed E-state index contributed by atoms with van der Waals surface area (Å²) in [4.78, 5) is 2.45. The second kappa shape index (κ2) is 6.45. The number of nitrogens with zero attached hydrogens (tertiary/aromatic N) is 1. The molecule has 0 atom stereocenters. The fourth-order valence-corrected chi connectivity index (χ4v) is 3.43. The zero-order chi connectivity index (χ0) is 14.6. The molecule has 0 aliphatic carbocycles. The van der Waals surface area contributed by atoms with Crippen LogP contribution < -0.4 is 15.4 Å². The van der Waals surface area contributed by atoms with Crippen molar-refractivity contribution in [3.63, 3.8) is 0 Å². The van der Waals surface area contributed by atoms with E-state index in [0.29, 0.717) is 5.69 Å². The van der Waals surface area contributed by atoms with E-state index in [4.69, 9.17) is 5.73 Å². The molecular formula is C14H23N3O2S. The van der Waals surface area contributed by atoms with Gasteiger partial charge in [0.1, 0.15) is 4.90 Å². The minimum absolute atomic E-state index is 0.149. The summed E-state index contributed by atoms with van der Waals surface area (Å²) in [5.41, 5.74) is 7.23. The Labute approximate surface area is 121 Å². The van der Waals surface area contributed by atoms with Gasteiger partial charge in [-0.25, -0.2) is 13.1 Å². The molecule has 0 radical (unpaired) electrons. The first-order chi connectivity index (χ1) is 9.54. The molecule has 1 aliphatic heterocycles. The van der Waals surface area contributed by atoms with Crippen LogP contribution in [0.15, 0.2) is 23.1 Å². The van der Waals surface area contributed by atoms with Crippen molar-refractivity contribution in [2.45, 2.75) is 37.0 Å². The number of nitrogens with two attached hydrogens (primary N) is 1. The van der Waals surface area contributed by atoms with Gasteiger partial charge in [0, 0.05) is 18.8 Å². The van der Waals surface area contributed by atoms with Gasteiger partial charge in [0.05, 0.1) is 5.69 Å². The van der Waals surface area contributed by atoms with Gasteiger partial charge >= 0.3 is 0 Å². The first-order valence-corrected chi connectivity index (χ1v) is 8.61. The predicted octanol–water partition coefficient (Wildman–Crippen LogP) is 1.95. The molecule has 0 spiro atoms. The molecule has 3 N–H and O–H groups in total. The molecule has 1 fully saturated rings. The number of benzene rings is 1. The van der Waals surface area contributed by atoms with Gasteiger partial charge in [-0.3, -0.25) is 0 Å². The largest absolute Gasteiger partial charge is 0.398 e. The van der Waals surface area contributed by atoms with Crippen LogP contribution in [0.1, 0.15) is 32.1 Å². The maximum Gasteiger partial charge on any atom is 0.242 e. The SMILES string of the molecule is CNS(=O)(=O)c1ccc(N2CCCCCCC2)cc1N. The van der Waals surface area contributed by atoms with Crippen LogP contribution >= 0.6 is 0 Å². The van der Waals surface area contributed by atoms with E-state index < -0.39 is 10.0 Å². The van der Waals surface area contributed by atoms with Gasteiger partial charge in [-0.05, 0) is 38.1 Å². The third kappa shape index (κ3) is 3.43. The number of hydrogen-bond donors (Lipinski definition) is 2. The fourth-order valence-electron chi connectivity index (χ4n) is 2.59. The number of nitrogen functional groups attached to an aromatic ring is 1. The second-order valence-corrected chi connectivity index (χ2v) is 7.04. The van der Waals surface area contributed by atoms with Crippen LogP contribution in [0.25, 0.3) is 0 Å². The van der Waals surface area contributed by atoms with Crippen LogP contribution in [-0.4, -0.2) is 28.6 Å². The summed E-state index contributed by atoms with van der Waals surface area (Å²) in [6, 6.07) is 5.21. The maximum atomic E-state index is 11.8. The third-order valence-corrected chi connectivity index (χ3v) is 5.26. The molecule has 2 rings (SSSR count). The van der Waals surface area contributed by atoms with E-state index >= 15 is 0 Å². The molecule has 0 saturated carbocycles. The van der Waals surface area contributed by atoms with Gasteiger partial charge in [-0.1, -0.05) is 19.3 Å². The summed E-state index contributed by atoms with van der Waals surface area (Å²) in [5, 5.41) is 0. The molecule has 1 heterocycles. The highest BCUT2D eigenvalue weighted by Gasteiger charge is 2.17. The molecule has 20 heavy (non-hydrogen) atoms. The molecular weight excluding hydrogens is 274 g/mol. The van der Waals surface area contributed by atoms with Gasteiger partial charge in [-0.2, -0.15) is 0 Å². The van der Waals surface area contributed by atoms with Crippen molar-refractivity contribution in [2.24, 2.45) is 0 Å². The summed E-state index contributed by atoms with van der Waals surface area (Å²) in [5.74, 6) is 0. The number of nitrogens with one attached hydrogen (secondary N) is 1. The Hall–Kier alpha value is -1.27. The summed E-state index contributed by atoms with van der Waals surface area (Å²) in [6.07, 6.45) is 6.19. The normalized spacial score (nSPS) is 17.6. The zero-order valence-electron chi connectivity index (χ0n) is 11.9. The highest BCUT2D eigenvalue weighted by Crippen LogP contribution is 2.26. The Balaban J connectivity index is 2.23. The third-order valence-electron chi connectivity index (χ3n) is 3.77. The molecule has 1 saturated heterocycles. The van der Waals surface area contributed by atoms with Crippen molar-refractivity contribution >= 4 is 21.4 Å². The highest BCUT2D eigenvalue weighted by atomic mass is 32.2. The summed E-state index contributed by atoms with van der Waals surface area (Å²) in [7, 11) is -2.09. The Kier molecular flexibility index (Phi) is 4.88.